The highest BCUT2D eigenvalue weighted by atomic mass is 16.3. The van der Waals surface area contributed by atoms with Crippen LogP contribution in [0.4, 0.5) is 0 Å². The molecule has 0 heterocycles. The van der Waals surface area contributed by atoms with Crippen LogP contribution in [0, 0.1) is 23.2 Å². The van der Waals surface area contributed by atoms with Gasteiger partial charge in [0.05, 0.1) is 6.10 Å². The molecule has 2 fully saturated rings. The molecule has 0 unspecified atom stereocenters. The Kier molecular flexibility index (Phi) is 1.39. The van der Waals surface area contributed by atoms with Gasteiger partial charge in [-0.15, -0.1) is 0 Å². The lowest BCUT2D eigenvalue weighted by molar-refractivity contribution is 0.113. The van der Waals surface area contributed by atoms with Crippen LogP contribution in [0.5, 0.6) is 0 Å². The Morgan fingerprint density at radius 3 is 2.27 bits per heavy atom. The van der Waals surface area contributed by atoms with E-state index in [4.69, 9.17) is 0 Å². The highest BCUT2D eigenvalue weighted by Gasteiger charge is 2.64. The number of hydrogen-bond donors (Lipinski definition) is 1. The van der Waals surface area contributed by atoms with Crippen LogP contribution in [0.2, 0.25) is 0 Å². The minimum atomic E-state index is -0.00356. The molecule has 64 valence electrons. The first kappa shape index (κ1) is 7.60. The normalized spacial score (nSPS) is 54.8. The molecule has 2 aliphatic carbocycles. The van der Waals surface area contributed by atoms with E-state index in [9.17, 15) is 5.11 Å². The molecule has 11 heavy (non-hydrogen) atoms. The molecule has 1 nitrogen and oxygen atoms in total. The molecule has 0 saturated heterocycles. The summed E-state index contributed by atoms with van der Waals surface area (Å²) in [7, 11) is 0. The molecule has 0 aliphatic heterocycles. The fourth-order valence-electron chi connectivity index (χ4n) is 3.04. The fraction of sp³-hybridized carbons (Fsp3) is 1.00. The van der Waals surface area contributed by atoms with Gasteiger partial charge in [0.1, 0.15) is 0 Å². The lowest BCUT2D eigenvalue weighted by Gasteiger charge is -2.17. The molecule has 0 spiro atoms. The minimum absolute atomic E-state index is 0.00356. The molecule has 1 heteroatoms. The van der Waals surface area contributed by atoms with E-state index in [-0.39, 0.29) is 6.10 Å². The van der Waals surface area contributed by atoms with Crippen molar-refractivity contribution >= 4 is 0 Å². The van der Waals surface area contributed by atoms with Crippen LogP contribution >= 0.6 is 0 Å². The molecule has 0 radical (unpaired) electrons. The number of rotatable bonds is 1. The number of hydrogen-bond acceptors (Lipinski definition) is 1. The van der Waals surface area contributed by atoms with Crippen molar-refractivity contribution in [2.24, 2.45) is 23.2 Å². The highest BCUT2D eigenvalue weighted by molar-refractivity contribution is 5.13. The zero-order valence-electron chi connectivity index (χ0n) is 7.67. The molecule has 2 saturated carbocycles. The summed E-state index contributed by atoms with van der Waals surface area (Å²) >= 11 is 0. The maximum Gasteiger partial charge on any atom is 0.0574 e. The highest BCUT2D eigenvalue weighted by Crippen LogP contribution is 2.69. The van der Waals surface area contributed by atoms with Crippen molar-refractivity contribution in [3.63, 3.8) is 0 Å². The van der Waals surface area contributed by atoms with Crippen LogP contribution in [0.25, 0.3) is 0 Å². The number of aliphatic hydroxyl groups is 1. The van der Waals surface area contributed by atoms with Gasteiger partial charge in [0, 0.05) is 0 Å². The lowest BCUT2D eigenvalue weighted by atomic mass is 9.89. The molecule has 2 rings (SSSR count). The van der Waals surface area contributed by atoms with E-state index in [0.29, 0.717) is 11.3 Å². The summed E-state index contributed by atoms with van der Waals surface area (Å²) in [5.41, 5.74) is 0.554. The zero-order valence-corrected chi connectivity index (χ0v) is 7.67. The van der Waals surface area contributed by atoms with Crippen LogP contribution in [0.1, 0.15) is 33.6 Å². The predicted molar refractivity (Wildman–Crippen MR) is 45.2 cm³/mol. The van der Waals surface area contributed by atoms with Crippen molar-refractivity contribution in [3.05, 3.63) is 0 Å². The Labute approximate surface area is 68.8 Å². The maximum absolute atomic E-state index is 9.61. The Bertz CT molecular complexity index is 176. The summed E-state index contributed by atoms with van der Waals surface area (Å²) in [6.45, 7) is 6.79. The first-order valence-corrected chi connectivity index (χ1v) is 4.76. The monoisotopic (exact) mass is 154 g/mol. The van der Waals surface area contributed by atoms with Gasteiger partial charge in [0.15, 0.2) is 0 Å². The molecule has 4 atom stereocenters. The second kappa shape index (κ2) is 2.01. The van der Waals surface area contributed by atoms with Crippen molar-refractivity contribution in [2.45, 2.75) is 39.7 Å². The van der Waals surface area contributed by atoms with E-state index in [1.165, 1.54) is 6.42 Å². The molecule has 0 aromatic carbocycles. The van der Waals surface area contributed by atoms with E-state index in [1.54, 1.807) is 0 Å². The summed E-state index contributed by atoms with van der Waals surface area (Å²) in [6, 6.07) is 0. The van der Waals surface area contributed by atoms with Gasteiger partial charge in [-0.2, -0.15) is 0 Å². The number of fused-ring (bicyclic) bond motifs is 1. The summed E-state index contributed by atoms with van der Waals surface area (Å²) in [5.74, 6) is 2.18. The third kappa shape index (κ3) is 0.807. The molecular formula is C10H18O. The van der Waals surface area contributed by atoms with Crippen LogP contribution in [-0.2, 0) is 0 Å². The predicted octanol–water partition coefficient (Wildman–Crippen LogP) is 2.05. The van der Waals surface area contributed by atoms with Gasteiger partial charge in [-0.3, -0.25) is 0 Å². The second-order valence-corrected chi connectivity index (χ2v) is 4.83. The second-order valence-electron chi connectivity index (χ2n) is 4.83. The SMILES string of the molecule is CC(C)[C@]12C[C@@H]1[C@@H](C)[C@@H](O)C2. The summed E-state index contributed by atoms with van der Waals surface area (Å²) in [6.07, 6.45) is 2.44. The molecule has 1 N–H and O–H groups in total. The van der Waals surface area contributed by atoms with Gasteiger partial charge in [-0.05, 0) is 36.0 Å². The molecule has 0 bridgehead atoms. The van der Waals surface area contributed by atoms with Crippen molar-refractivity contribution < 1.29 is 5.11 Å². The van der Waals surface area contributed by atoms with Gasteiger partial charge in [0.2, 0.25) is 0 Å². The molecule has 2 aliphatic rings. The Morgan fingerprint density at radius 2 is 2.00 bits per heavy atom. The first-order chi connectivity index (χ1) is 5.08. The van der Waals surface area contributed by atoms with Crippen molar-refractivity contribution in [2.75, 3.05) is 0 Å². The van der Waals surface area contributed by atoms with E-state index >= 15 is 0 Å². The lowest BCUT2D eigenvalue weighted by Crippen LogP contribution is -2.15. The van der Waals surface area contributed by atoms with E-state index in [1.807, 2.05) is 0 Å². The van der Waals surface area contributed by atoms with E-state index in [2.05, 4.69) is 20.8 Å². The van der Waals surface area contributed by atoms with Gasteiger partial charge in [-0.25, -0.2) is 0 Å². The molecule has 0 aromatic rings. The Hall–Kier alpha value is -0.0400. The Balaban J connectivity index is 2.13. The van der Waals surface area contributed by atoms with E-state index < -0.39 is 0 Å². The third-order valence-electron chi connectivity index (χ3n) is 4.16. The van der Waals surface area contributed by atoms with E-state index in [0.717, 1.165) is 18.3 Å². The largest absolute Gasteiger partial charge is 0.393 e. The van der Waals surface area contributed by atoms with Crippen LogP contribution < -0.4 is 0 Å². The summed E-state index contributed by atoms with van der Waals surface area (Å²) in [5, 5.41) is 9.61. The average molecular weight is 154 g/mol. The fourth-order valence-corrected chi connectivity index (χ4v) is 3.04. The molecular weight excluding hydrogens is 136 g/mol. The topological polar surface area (TPSA) is 20.2 Å². The van der Waals surface area contributed by atoms with Crippen LogP contribution in [0.15, 0.2) is 0 Å². The van der Waals surface area contributed by atoms with Crippen molar-refractivity contribution in [1.82, 2.24) is 0 Å². The smallest absolute Gasteiger partial charge is 0.0574 e. The summed E-state index contributed by atoms with van der Waals surface area (Å²) < 4.78 is 0. The molecule has 0 amide bonds. The van der Waals surface area contributed by atoms with Gasteiger partial charge in [-0.1, -0.05) is 20.8 Å². The zero-order chi connectivity index (χ0) is 8.22. The van der Waals surface area contributed by atoms with Crippen molar-refractivity contribution in [1.29, 1.82) is 0 Å². The first-order valence-electron chi connectivity index (χ1n) is 4.76. The maximum atomic E-state index is 9.61. The quantitative estimate of drug-likeness (QED) is 0.613. The average Bonchev–Trinajstić information content (AvgIpc) is 2.57. The van der Waals surface area contributed by atoms with Crippen LogP contribution in [-0.4, -0.2) is 11.2 Å². The van der Waals surface area contributed by atoms with Gasteiger partial charge in [0.25, 0.3) is 0 Å². The summed E-state index contributed by atoms with van der Waals surface area (Å²) in [4.78, 5) is 0. The van der Waals surface area contributed by atoms with Crippen molar-refractivity contribution in [3.8, 4) is 0 Å². The standard InChI is InChI=1S/C10H18O/c1-6(2)10-4-8(10)7(3)9(11)5-10/h6-9,11H,4-5H2,1-3H3/t7-,8-,9+,10-/m1/s1. The number of aliphatic hydroxyl groups excluding tert-OH is 1. The minimum Gasteiger partial charge on any atom is -0.393 e. The third-order valence-corrected chi connectivity index (χ3v) is 4.16. The molecule has 0 aromatic heterocycles. The van der Waals surface area contributed by atoms with Gasteiger partial charge < -0.3 is 5.11 Å². The Morgan fingerprint density at radius 1 is 1.36 bits per heavy atom. The van der Waals surface area contributed by atoms with Crippen LogP contribution in [0.3, 0.4) is 0 Å². The van der Waals surface area contributed by atoms with Gasteiger partial charge >= 0.3 is 0 Å².